The van der Waals surface area contributed by atoms with Crippen LogP contribution in [0.3, 0.4) is 0 Å². The lowest BCUT2D eigenvalue weighted by atomic mass is 10.2. The van der Waals surface area contributed by atoms with Crippen molar-refractivity contribution >= 4 is 18.4 Å². The molecule has 0 radical (unpaired) electrons. The highest BCUT2D eigenvalue weighted by atomic mass is 28.3. The van der Waals surface area contributed by atoms with E-state index >= 15 is 0 Å². The highest BCUT2D eigenvalue weighted by Crippen LogP contribution is 2.33. The molecule has 0 aromatic heterocycles. The molecule has 1 heterocycles. The molecule has 132 valence electrons. The summed E-state index contributed by atoms with van der Waals surface area (Å²) in [4.78, 5) is 2.75. The van der Waals surface area contributed by atoms with Crippen LogP contribution in [-0.2, 0) is 0 Å². The Hall–Kier alpha value is -2.16. The van der Waals surface area contributed by atoms with E-state index in [0.717, 1.165) is 0 Å². The normalized spacial score (nSPS) is 16.5. The molecule has 1 aliphatic heterocycles. The average Bonchev–Trinajstić information content (AvgIpc) is 3.24. The van der Waals surface area contributed by atoms with E-state index in [1.807, 2.05) is 0 Å². The third kappa shape index (κ3) is 3.15. The van der Waals surface area contributed by atoms with Gasteiger partial charge in [0.05, 0.1) is 0 Å². The van der Waals surface area contributed by atoms with Gasteiger partial charge in [0.25, 0.3) is 0 Å². The second kappa shape index (κ2) is 7.61. The lowest BCUT2D eigenvalue weighted by molar-refractivity contribution is 0.308. The van der Waals surface area contributed by atoms with Gasteiger partial charge >= 0.3 is 0 Å². The molecule has 26 heavy (non-hydrogen) atoms. The molecule has 0 aliphatic carbocycles. The predicted molar refractivity (Wildman–Crippen MR) is 114 cm³/mol. The van der Waals surface area contributed by atoms with Crippen LogP contribution in [0.2, 0.25) is 6.55 Å². The number of rotatable bonds is 5. The second-order valence-corrected chi connectivity index (χ2v) is 11.6. The van der Waals surface area contributed by atoms with E-state index in [0.29, 0.717) is 5.67 Å². The highest BCUT2D eigenvalue weighted by Gasteiger charge is 2.44. The van der Waals surface area contributed by atoms with Crippen molar-refractivity contribution in [1.82, 2.24) is 4.90 Å². The van der Waals surface area contributed by atoms with Crippen molar-refractivity contribution in [2.24, 2.45) is 0 Å². The third-order valence-corrected chi connectivity index (χ3v) is 10.8. The van der Waals surface area contributed by atoms with Gasteiger partial charge in [0.15, 0.2) is 0 Å². The van der Waals surface area contributed by atoms with Crippen LogP contribution in [0.15, 0.2) is 91.0 Å². The van der Waals surface area contributed by atoms with Crippen molar-refractivity contribution in [3.8, 4) is 0 Å². The Kier molecular flexibility index (Phi) is 5.05. The maximum atomic E-state index is 2.75. The van der Waals surface area contributed by atoms with E-state index in [-0.39, 0.29) is 0 Å². The molecule has 4 rings (SSSR count). The van der Waals surface area contributed by atoms with Crippen LogP contribution >= 0.6 is 0 Å². The molecular formula is C24H27NSi. The number of benzene rings is 3. The van der Waals surface area contributed by atoms with Gasteiger partial charge in [-0.25, -0.2) is 0 Å². The summed E-state index contributed by atoms with van der Waals surface area (Å²) in [6.07, 6.45) is 2.63. The SMILES string of the molecule is C[Si](c1ccccc1)(c1ccccc1)C(c1ccccc1)N1CCCC1. The van der Waals surface area contributed by atoms with Gasteiger partial charge < -0.3 is 0 Å². The maximum absolute atomic E-state index is 2.75. The van der Waals surface area contributed by atoms with Gasteiger partial charge in [-0.15, -0.1) is 0 Å². The quantitative estimate of drug-likeness (QED) is 0.617. The molecule has 2 heteroatoms. The molecule has 1 nitrogen and oxygen atoms in total. The minimum Gasteiger partial charge on any atom is -0.298 e. The van der Waals surface area contributed by atoms with Gasteiger partial charge in [-0.1, -0.05) is 108 Å². The first-order valence-electron chi connectivity index (χ1n) is 9.70. The van der Waals surface area contributed by atoms with Crippen LogP contribution in [0.4, 0.5) is 0 Å². The van der Waals surface area contributed by atoms with Crippen molar-refractivity contribution in [2.75, 3.05) is 13.1 Å². The van der Waals surface area contributed by atoms with Crippen molar-refractivity contribution < 1.29 is 0 Å². The van der Waals surface area contributed by atoms with Crippen molar-refractivity contribution in [2.45, 2.75) is 25.1 Å². The van der Waals surface area contributed by atoms with Crippen molar-refractivity contribution in [1.29, 1.82) is 0 Å². The minimum absolute atomic E-state index is 0.469. The molecule has 0 spiro atoms. The Bertz CT molecular complexity index is 771. The van der Waals surface area contributed by atoms with Gasteiger partial charge in [0, 0.05) is 5.67 Å². The van der Waals surface area contributed by atoms with E-state index in [1.54, 1.807) is 0 Å². The summed E-state index contributed by atoms with van der Waals surface area (Å²) in [6.45, 7) is 4.98. The smallest absolute Gasteiger partial charge is 0.137 e. The minimum atomic E-state index is -2.01. The average molecular weight is 358 g/mol. The lowest BCUT2D eigenvalue weighted by Gasteiger charge is -2.42. The lowest BCUT2D eigenvalue weighted by Crippen LogP contribution is -2.64. The zero-order valence-electron chi connectivity index (χ0n) is 15.5. The first kappa shape index (κ1) is 17.3. The first-order valence-corrected chi connectivity index (χ1v) is 12.3. The summed E-state index contributed by atoms with van der Waals surface area (Å²) in [5.41, 5.74) is 1.94. The number of hydrogen-bond donors (Lipinski definition) is 0. The van der Waals surface area contributed by atoms with E-state index in [2.05, 4.69) is 102 Å². The highest BCUT2D eigenvalue weighted by molar-refractivity contribution is 7.02. The van der Waals surface area contributed by atoms with Crippen LogP contribution in [0.5, 0.6) is 0 Å². The van der Waals surface area contributed by atoms with E-state index in [1.165, 1.54) is 41.9 Å². The Labute approximate surface area is 158 Å². The van der Waals surface area contributed by atoms with E-state index in [9.17, 15) is 0 Å². The zero-order valence-corrected chi connectivity index (χ0v) is 16.5. The van der Waals surface area contributed by atoms with Gasteiger partial charge in [-0.3, -0.25) is 4.90 Å². The van der Waals surface area contributed by atoms with Crippen molar-refractivity contribution in [3.63, 3.8) is 0 Å². The van der Waals surface area contributed by atoms with Crippen LogP contribution < -0.4 is 10.4 Å². The summed E-state index contributed by atoms with van der Waals surface area (Å²) >= 11 is 0. The van der Waals surface area contributed by atoms with Crippen LogP contribution in [-0.4, -0.2) is 26.1 Å². The zero-order chi connectivity index (χ0) is 17.8. The summed E-state index contributed by atoms with van der Waals surface area (Å²) < 4.78 is 0. The largest absolute Gasteiger partial charge is 0.298 e. The molecule has 0 bridgehead atoms. The molecule has 0 amide bonds. The molecule has 3 aromatic carbocycles. The maximum Gasteiger partial charge on any atom is 0.137 e. The van der Waals surface area contributed by atoms with Crippen LogP contribution in [0, 0.1) is 0 Å². The molecule has 0 N–H and O–H groups in total. The van der Waals surface area contributed by atoms with Gasteiger partial charge in [0.1, 0.15) is 8.07 Å². The second-order valence-electron chi connectivity index (χ2n) is 7.49. The van der Waals surface area contributed by atoms with Crippen LogP contribution in [0.25, 0.3) is 0 Å². The number of nitrogens with zero attached hydrogens (tertiary/aromatic N) is 1. The topological polar surface area (TPSA) is 3.24 Å². The summed E-state index contributed by atoms with van der Waals surface area (Å²) in [5, 5.41) is 3.04. The Morgan fingerprint density at radius 3 is 1.54 bits per heavy atom. The molecule has 1 unspecified atom stereocenters. The van der Waals surface area contributed by atoms with E-state index in [4.69, 9.17) is 0 Å². The molecule has 1 aliphatic rings. The molecule has 1 saturated heterocycles. The molecule has 3 aromatic rings. The van der Waals surface area contributed by atoms with Crippen molar-refractivity contribution in [3.05, 3.63) is 96.6 Å². The molecule has 0 saturated carbocycles. The summed E-state index contributed by atoms with van der Waals surface area (Å²) in [7, 11) is -2.01. The Morgan fingerprint density at radius 2 is 1.08 bits per heavy atom. The molecule has 1 atom stereocenters. The van der Waals surface area contributed by atoms with Gasteiger partial charge in [-0.2, -0.15) is 0 Å². The fourth-order valence-electron chi connectivity index (χ4n) is 4.60. The Morgan fingerprint density at radius 1 is 0.654 bits per heavy atom. The number of hydrogen-bond acceptors (Lipinski definition) is 1. The summed E-state index contributed by atoms with van der Waals surface area (Å²) in [5.74, 6) is 0. The first-order chi connectivity index (χ1) is 12.8. The van der Waals surface area contributed by atoms with E-state index < -0.39 is 8.07 Å². The summed E-state index contributed by atoms with van der Waals surface area (Å²) in [6, 6.07) is 33.7. The van der Waals surface area contributed by atoms with Gasteiger partial charge in [0.2, 0.25) is 0 Å². The standard InChI is InChI=1S/C24H27NSi/c1-26(22-15-7-3-8-16-22,23-17-9-4-10-18-23)24(25-19-11-12-20-25)21-13-5-2-6-14-21/h2-10,13-18,24H,11-12,19-20H2,1H3. The predicted octanol–water partition coefficient (Wildman–Crippen LogP) is 4.26. The number of likely N-dealkylation sites (tertiary alicyclic amines) is 1. The van der Waals surface area contributed by atoms with Crippen LogP contribution in [0.1, 0.15) is 24.1 Å². The third-order valence-electron chi connectivity index (χ3n) is 5.91. The van der Waals surface area contributed by atoms with Gasteiger partial charge in [-0.05, 0) is 31.5 Å². The molecular weight excluding hydrogens is 330 g/mol. The Balaban J connectivity index is 1.93. The fraction of sp³-hybridized carbons (Fsp3) is 0.250. The monoisotopic (exact) mass is 357 g/mol. The fourth-order valence-corrected chi connectivity index (χ4v) is 9.18. The molecule has 1 fully saturated rings.